The summed E-state index contributed by atoms with van der Waals surface area (Å²) in [5, 5.41) is 3.16. The lowest BCUT2D eigenvalue weighted by molar-refractivity contribution is 0.0636. The molecule has 0 bridgehead atoms. The average Bonchev–Trinajstić information content (AvgIpc) is 3.05. The standard InChI is InChI=1S/C13H16ClIN2O2/c1-13(2,3)19-12(18)17-9-6-8(7-4-5-7)16-11(14)10(9)15/h6-7H,4-5H2,1-3H3,(H,16,17,18). The molecule has 2 rings (SSSR count). The van der Waals surface area contributed by atoms with Gasteiger partial charge in [0.15, 0.2) is 0 Å². The summed E-state index contributed by atoms with van der Waals surface area (Å²) in [5.41, 5.74) is 1.08. The third-order valence-electron chi connectivity index (χ3n) is 2.57. The number of nitrogens with zero attached hydrogens (tertiary/aromatic N) is 1. The van der Waals surface area contributed by atoms with E-state index >= 15 is 0 Å². The minimum atomic E-state index is -0.522. The van der Waals surface area contributed by atoms with Crippen LogP contribution >= 0.6 is 34.2 Å². The fraction of sp³-hybridized carbons (Fsp3) is 0.538. The first-order chi connectivity index (χ1) is 8.76. The van der Waals surface area contributed by atoms with Gasteiger partial charge in [0.25, 0.3) is 0 Å². The first-order valence-corrected chi connectivity index (χ1v) is 7.58. The summed E-state index contributed by atoms with van der Waals surface area (Å²) in [6.45, 7) is 5.48. The number of carbonyl (C=O) groups excluding carboxylic acids is 1. The van der Waals surface area contributed by atoms with Crippen molar-refractivity contribution < 1.29 is 9.53 Å². The van der Waals surface area contributed by atoms with Crippen molar-refractivity contribution in [3.05, 3.63) is 20.5 Å². The summed E-state index contributed by atoms with van der Waals surface area (Å²) in [5.74, 6) is 0.480. The Kier molecular flexibility index (Phi) is 4.25. The van der Waals surface area contributed by atoms with Crippen LogP contribution < -0.4 is 5.32 Å². The summed E-state index contributed by atoms with van der Waals surface area (Å²) < 4.78 is 5.97. The minimum absolute atomic E-state index is 0.427. The molecule has 1 aliphatic rings. The molecule has 1 saturated carbocycles. The third kappa shape index (κ3) is 4.21. The molecule has 0 radical (unpaired) electrons. The van der Waals surface area contributed by atoms with Gasteiger partial charge in [0, 0.05) is 11.6 Å². The Bertz CT molecular complexity index is 510. The quantitative estimate of drug-likeness (QED) is 0.591. The summed E-state index contributed by atoms with van der Waals surface area (Å²) in [6.07, 6.45) is 1.79. The van der Waals surface area contributed by atoms with Gasteiger partial charge < -0.3 is 4.74 Å². The number of nitrogens with one attached hydrogen (secondary N) is 1. The zero-order valence-electron chi connectivity index (χ0n) is 11.1. The Morgan fingerprint density at radius 2 is 2.16 bits per heavy atom. The van der Waals surface area contributed by atoms with Crippen LogP contribution in [0.3, 0.4) is 0 Å². The van der Waals surface area contributed by atoms with Gasteiger partial charge in [0.05, 0.1) is 9.26 Å². The van der Waals surface area contributed by atoms with Crippen LogP contribution in [0.5, 0.6) is 0 Å². The van der Waals surface area contributed by atoms with E-state index in [1.54, 1.807) is 0 Å². The number of hydrogen-bond acceptors (Lipinski definition) is 3. The number of anilines is 1. The molecule has 0 saturated heterocycles. The summed E-state index contributed by atoms with van der Waals surface area (Å²) in [6, 6.07) is 1.88. The van der Waals surface area contributed by atoms with E-state index < -0.39 is 11.7 Å². The molecule has 1 fully saturated rings. The summed E-state index contributed by atoms with van der Waals surface area (Å²) >= 11 is 8.17. The predicted molar refractivity (Wildman–Crippen MR) is 83.8 cm³/mol. The van der Waals surface area contributed by atoms with Gasteiger partial charge in [-0.05, 0) is 62.3 Å². The maximum Gasteiger partial charge on any atom is 0.412 e. The lowest BCUT2D eigenvalue weighted by Crippen LogP contribution is -2.27. The van der Waals surface area contributed by atoms with Gasteiger partial charge >= 0.3 is 6.09 Å². The van der Waals surface area contributed by atoms with Crippen molar-refractivity contribution in [1.29, 1.82) is 0 Å². The minimum Gasteiger partial charge on any atom is -0.444 e. The Morgan fingerprint density at radius 1 is 1.53 bits per heavy atom. The first kappa shape index (κ1) is 14.8. The van der Waals surface area contributed by atoms with Crippen LogP contribution in [-0.4, -0.2) is 16.7 Å². The molecule has 1 aromatic heterocycles. The second-order valence-electron chi connectivity index (χ2n) is 5.60. The van der Waals surface area contributed by atoms with E-state index in [-0.39, 0.29) is 0 Å². The number of ether oxygens (including phenoxy) is 1. The van der Waals surface area contributed by atoms with E-state index in [0.717, 1.165) is 22.1 Å². The number of hydrogen-bond donors (Lipinski definition) is 1. The van der Waals surface area contributed by atoms with Gasteiger partial charge in [0.1, 0.15) is 10.8 Å². The Morgan fingerprint density at radius 3 is 2.68 bits per heavy atom. The van der Waals surface area contributed by atoms with Crippen LogP contribution in [0.4, 0.5) is 10.5 Å². The molecule has 0 unspecified atom stereocenters. The van der Waals surface area contributed by atoms with Gasteiger partial charge in [0.2, 0.25) is 0 Å². The average molecular weight is 395 g/mol. The fourth-order valence-electron chi connectivity index (χ4n) is 1.61. The molecule has 19 heavy (non-hydrogen) atoms. The van der Waals surface area contributed by atoms with Crippen molar-refractivity contribution in [2.75, 3.05) is 5.32 Å². The number of rotatable bonds is 2. The van der Waals surface area contributed by atoms with Crippen LogP contribution in [0, 0.1) is 3.57 Å². The number of halogens is 2. The number of amides is 1. The zero-order chi connectivity index (χ0) is 14.2. The highest BCUT2D eigenvalue weighted by Gasteiger charge is 2.27. The summed E-state index contributed by atoms with van der Waals surface area (Å²) in [4.78, 5) is 16.1. The van der Waals surface area contributed by atoms with E-state index in [2.05, 4.69) is 32.9 Å². The maximum absolute atomic E-state index is 11.8. The predicted octanol–water partition coefficient (Wildman–Crippen LogP) is 4.56. The Labute approximate surface area is 131 Å². The van der Waals surface area contributed by atoms with E-state index in [9.17, 15) is 4.79 Å². The molecule has 0 aromatic carbocycles. The van der Waals surface area contributed by atoms with E-state index in [1.807, 2.05) is 26.8 Å². The summed E-state index contributed by atoms with van der Waals surface area (Å²) in [7, 11) is 0. The molecule has 0 aliphatic heterocycles. The molecule has 4 nitrogen and oxygen atoms in total. The second-order valence-corrected chi connectivity index (χ2v) is 7.04. The molecule has 1 aromatic rings. The van der Waals surface area contributed by atoms with Gasteiger partial charge in [-0.3, -0.25) is 5.32 Å². The second kappa shape index (κ2) is 5.44. The maximum atomic E-state index is 11.8. The molecule has 1 aliphatic carbocycles. The van der Waals surface area contributed by atoms with Crippen LogP contribution in [0.15, 0.2) is 6.07 Å². The van der Waals surface area contributed by atoms with Crippen LogP contribution in [-0.2, 0) is 4.74 Å². The molecular formula is C13H16ClIN2O2. The number of aromatic nitrogens is 1. The highest BCUT2D eigenvalue weighted by Crippen LogP contribution is 2.41. The molecule has 0 atom stereocenters. The molecular weight excluding hydrogens is 379 g/mol. The van der Waals surface area contributed by atoms with E-state index in [1.165, 1.54) is 0 Å². The molecule has 0 spiro atoms. The fourth-order valence-corrected chi connectivity index (χ4v) is 2.22. The van der Waals surface area contributed by atoms with Crippen molar-refractivity contribution in [1.82, 2.24) is 4.98 Å². The lowest BCUT2D eigenvalue weighted by Gasteiger charge is -2.20. The molecule has 1 heterocycles. The molecule has 104 valence electrons. The van der Waals surface area contributed by atoms with Crippen LogP contribution in [0.2, 0.25) is 5.15 Å². The smallest absolute Gasteiger partial charge is 0.412 e. The molecule has 1 N–H and O–H groups in total. The van der Waals surface area contributed by atoms with Crippen molar-refractivity contribution >= 4 is 46.0 Å². The highest BCUT2D eigenvalue weighted by atomic mass is 127. The number of carbonyl (C=O) groups is 1. The van der Waals surface area contributed by atoms with Crippen molar-refractivity contribution in [2.24, 2.45) is 0 Å². The molecule has 6 heteroatoms. The van der Waals surface area contributed by atoms with Gasteiger partial charge in [-0.25, -0.2) is 9.78 Å². The van der Waals surface area contributed by atoms with Crippen LogP contribution in [0.1, 0.15) is 45.2 Å². The largest absolute Gasteiger partial charge is 0.444 e. The third-order valence-corrected chi connectivity index (χ3v) is 4.25. The van der Waals surface area contributed by atoms with Gasteiger partial charge in [-0.2, -0.15) is 0 Å². The van der Waals surface area contributed by atoms with Gasteiger partial charge in [-0.15, -0.1) is 0 Å². The Hall–Kier alpha value is -0.560. The monoisotopic (exact) mass is 394 g/mol. The van der Waals surface area contributed by atoms with Crippen molar-refractivity contribution in [3.8, 4) is 0 Å². The van der Waals surface area contributed by atoms with Gasteiger partial charge in [-0.1, -0.05) is 11.6 Å². The van der Waals surface area contributed by atoms with Crippen molar-refractivity contribution in [3.63, 3.8) is 0 Å². The Balaban J connectivity index is 2.17. The first-order valence-electron chi connectivity index (χ1n) is 6.12. The lowest BCUT2D eigenvalue weighted by atomic mass is 10.2. The topological polar surface area (TPSA) is 51.2 Å². The SMILES string of the molecule is CC(C)(C)OC(=O)Nc1cc(C2CC2)nc(Cl)c1I. The number of pyridine rings is 1. The highest BCUT2D eigenvalue weighted by molar-refractivity contribution is 14.1. The van der Waals surface area contributed by atoms with Crippen molar-refractivity contribution in [2.45, 2.75) is 45.1 Å². The van der Waals surface area contributed by atoms with E-state index in [4.69, 9.17) is 16.3 Å². The molecule has 1 amide bonds. The normalized spacial score (nSPS) is 15.2. The zero-order valence-corrected chi connectivity index (χ0v) is 14.0. The van der Waals surface area contributed by atoms with E-state index in [0.29, 0.717) is 16.8 Å². The van der Waals surface area contributed by atoms with Crippen LogP contribution in [0.25, 0.3) is 0 Å².